The Labute approximate surface area is 197 Å². The van der Waals surface area contributed by atoms with Gasteiger partial charge >= 0.3 is 6.18 Å². The molecule has 0 bridgehead atoms. The maximum Gasteiger partial charge on any atom is 0.416 e. The Morgan fingerprint density at radius 2 is 1.82 bits per heavy atom. The van der Waals surface area contributed by atoms with Gasteiger partial charge in [0.1, 0.15) is 5.75 Å². The quantitative estimate of drug-likeness (QED) is 0.546. The average molecular weight is 497 g/mol. The van der Waals surface area contributed by atoms with E-state index < -0.39 is 39.3 Å². The van der Waals surface area contributed by atoms with Crippen molar-refractivity contribution < 1.29 is 31.2 Å². The third-order valence-corrected chi connectivity index (χ3v) is 7.25. The minimum absolute atomic E-state index is 0.0278. The van der Waals surface area contributed by atoms with Gasteiger partial charge in [-0.2, -0.15) is 13.2 Å². The summed E-state index contributed by atoms with van der Waals surface area (Å²) in [5.74, 6) is -1.92. The molecule has 10 heteroatoms. The zero-order valence-electron chi connectivity index (χ0n) is 18.6. The summed E-state index contributed by atoms with van der Waals surface area (Å²) in [6.45, 7) is 0.405. The maximum absolute atomic E-state index is 13.2. The fraction of sp³-hybridized carbons (Fsp3) is 0.417. The van der Waals surface area contributed by atoms with Gasteiger partial charge in [0.05, 0.1) is 17.4 Å². The molecule has 1 atom stereocenters. The number of halogens is 3. The molecule has 1 aliphatic heterocycles. The number of nitrogens with one attached hydrogen (secondary N) is 1. The Kier molecular flexibility index (Phi) is 8.35. The highest BCUT2D eigenvalue weighted by Crippen LogP contribution is 2.31. The van der Waals surface area contributed by atoms with Crippen LogP contribution in [0, 0.1) is 0 Å². The first-order valence-electron chi connectivity index (χ1n) is 11.0. The molecule has 0 saturated carbocycles. The Morgan fingerprint density at radius 1 is 1.09 bits per heavy atom. The lowest BCUT2D eigenvalue weighted by atomic mass is 10.0. The molecule has 1 aliphatic rings. The fourth-order valence-electron chi connectivity index (χ4n) is 3.93. The van der Waals surface area contributed by atoms with Gasteiger partial charge in [-0.15, -0.1) is 0 Å². The van der Waals surface area contributed by atoms with E-state index in [0.717, 1.165) is 17.7 Å². The molecule has 6 nitrogen and oxygen atoms in total. The SMILES string of the molecule is O=C(CS(=O)(=O)CCCc1ccccc1)NC(CN1CCCC1=O)c1cccc(C(F)(F)F)c1. The zero-order chi connectivity index (χ0) is 24.8. The van der Waals surface area contributed by atoms with Crippen molar-refractivity contribution in [3.05, 3.63) is 71.3 Å². The summed E-state index contributed by atoms with van der Waals surface area (Å²) in [4.78, 5) is 26.1. The van der Waals surface area contributed by atoms with Gasteiger partial charge in [-0.1, -0.05) is 42.5 Å². The summed E-state index contributed by atoms with van der Waals surface area (Å²) < 4.78 is 64.5. The number of carbonyl (C=O) groups excluding carboxylic acids is 2. The number of aryl methyl sites for hydroxylation is 1. The van der Waals surface area contributed by atoms with Gasteiger partial charge in [-0.25, -0.2) is 8.42 Å². The van der Waals surface area contributed by atoms with E-state index in [1.165, 1.54) is 17.0 Å². The van der Waals surface area contributed by atoms with Crippen LogP contribution in [-0.4, -0.2) is 49.7 Å². The van der Waals surface area contributed by atoms with Crippen LogP contribution < -0.4 is 5.32 Å². The number of carbonyl (C=O) groups is 2. The topological polar surface area (TPSA) is 83.6 Å². The smallest absolute Gasteiger partial charge is 0.347 e. The van der Waals surface area contributed by atoms with E-state index in [-0.39, 0.29) is 23.8 Å². The minimum atomic E-state index is -4.57. The summed E-state index contributed by atoms with van der Waals surface area (Å²) in [5, 5.41) is 2.54. The molecular formula is C24H27F3N2O4S. The fourth-order valence-corrected chi connectivity index (χ4v) is 5.14. The Hall–Kier alpha value is -2.88. The summed E-state index contributed by atoms with van der Waals surface area (Å²) in [5.41, 5.74) is 0.261. The maximum atomic E-state index is 13.2. The molecule has 0 radical (unpaired) electrons. The van der Waals surface area contributed by atoms with Crippen LogP contribution in [-0.2, 0) is 32.0 Å². The van der Waals surface area contributed by atoms with Crippen molar-refractivity contribution in [3.8, 4) is 0 Å². The Bertz CT molecular complexity index is 1100. The van der Waals surface area contributed by atoms with E-state index in [2.05, 4.69) is 5.32 Å². The first-order valence-corrected chi connectivity index (χ1v) is 12.8. The third kappa shape index (κ3) is 7.58. The molecule has 184 valence electrons. The molecule has 2 aromatic rings. The van der Waals surface area contributed by atoms with Gasteiger partial charge in [0.2, 0.25) is 11.8 Å². The molecule has 2 aromatic carbocycles. The number of sulfone groups is 1. The predicted octanol–water partition coefficient (Wildman–Crippen LogP) is 3.53. The number of amides is 2. The van der Waals surface area contributed by atoms with Crippen LogP contribution in [0.3, 0.4) is 0 Å². The van der Waals surface area contributed by atoms with Gasteiger partial charge in [-0.3, -0.25) is 9.59 Å². The van der Waals surface area contributed by atoms with Gasteiger partial charge in [0.15, 0.2) is 9.84 Å². The van der Waals surface area contributed by atoms with Crippen LogP contribution in [0.5, 0.6) is 0 Å². The second-order valence-corrected chi connectivity index (χ2v) is 10.6. The van der Waals surface area contributed by atoms with Gasteiger partial charge in [0.25, 0.3) is 0 Å². The predicted molar refractivity (Wildman–Crippen MR) is 122 cm³/mol. The molecule has 34 heavy (non-hydrogen) atoms. The average Bonchev–Trinajstić information content (AvgIpc) is 3.17. The van der Waals surface area contributed by atoms with E-state index in [1.807, 2.05) is 30.3 Å². The monoisotopic (exact) mass is 496 g/mol. The van der Waals surface area contributed by atoms with Crippen molar-refractivity contribution in [1.82, 2.24) is 10.2 Å². The molecule has 3 rings (SSSR count). The van der Waals surface area contributed by atoms with Gasteiger partial charge < -0.3 is 10.2 Å². The molecule has 1 heterocycles. The van der Waals surface area contributed by atoms with Crippen molar-refractivity contribution in [1.29, 1.82) is 0 Å². The van der Waals surface area contributed by atoms with Crippen molar-refractivity contribution in [3.63, 3.8) is 0 Å². The van der Waals surface area contributed by atoms with E-state index in [0.29, 0.717) is 32.2 Å². The molecule has 1 N–H and O–H groups in total. The lowest BCUT2D eigenvalue weighted by Crippen LogP contribution is -2.41. The van der Waals surface area contributed by atoms with Crippen molar-refractivity contribution >= 4 is 21.7 Å². The number of hydrogen-bond donors (Lipinski definition) is 1. The number of hydrogen-bond acceptors (Lipinski definition) is 4. The summed E-state index contributed by atoms with van der Waals surface area (Å²) >= 11 is 0. The van der Waals surface area contributed by atoms with E-state index in [4.69, 9.17) is 0 Å². The summed E-state index contributed by atoms with van der Waals surface area (Å²) in [6.07, 6.45) is -2.72. The van der Waals surface area contributed by atoms with Crippen LogP contribution in [0.15, 0.2) is 54.6 Å². The zero-order valence-corrected chi connectivity index (χ0v) is 19.4. The molecule has 1 unspecified atom stereocenters. The van der Waals surface area contributed by atoms with E-state index >= 15 is 0 Å². The molecule has 2 amide bonds. The molecule has 0 spiro atoms. The van der Waals surface area contributed by atoms with Crippen LogP contribution in [0.1, 0.15) is 42.0 Å². The molecular weight excluding hydrogens is 469 g/mol. The molecule has 0 aliphatic carbocycles. The van der Waals surface area contributed by atoms with Crippen molar-refractivity contribution in [2.75, 3.05) is 24.6 Å². The number of likely N-dealkylation sites (tertiary alicyclic amines) is 1. The highest BCUT2D eigenvalue weighted by molar-refractivity contribution is 7.92. The van der Waals surface area contributed by atoms with Crippen molar-refractivity contribution in [2.24, 2.45) is 0 Å². The highest BCUT2D eigenvalue weighted by atomic mass is 32.2. The number of benzene rings is 2. The highest BCUT2D eigenvalue weighted by Gasteiger charge is 2.32. The van der Waals surface area contributed by atoms with Crippen LogP contribution in [0.4, 0.5) is 13.2 Å². The van der Waals surface area contributed by atoms with Crippen LogP contribution in [0.2, 0.25) is 0 Å². The van der Waals surface area contributed by atoms with Crippen LogP contribution in [0.25, 0.3) is 0 Å². The number of alkyl halides is 3. The lowest BCUT2D eigenvalue weighted by Gasteiger charge is -2.26. The molecule has 1 fully saturated rings. The number of nitrogens with zero attached hydrogens (tertiary/aromatic N) is 1. The summed E-state index contributed by atoms with van der Waals surface area (Å²) in [7, 11) is -3.72. The molecule has 1 saturated heterocycles. The first-order chi connectivity index (χ1) is 16.0. The Morgan fingerprint density at radius 3 is 2.47 bits per heavy atom. The second-order valence-electron chi connectivity index (χ2n) is 8.37. The first kappa shape index (κ1) is 25.7. The largest absolute Gasteiger partial charge is 0.416 e. The third-order valence-electron chi connectivity index (χ3n) is 5.64. The minimum Gasteiger partial charge on any atom is -0.347 e. The number of rotatable bonds is 10. The van der Waals surface area contributed by atoms with Crippen LogP contribution >= 0.6 is 0 Å². The normalized spacial score (nSPS) is 15.4. The van der Waals surface area contributed by atoms with E-state index in [1.54, 1.807) is 0 Å². The molecule has 0 aromatic heterocycles. The summed E-state index contributed by atoms with van der Waals surface area (Å²) in [6, 6.07) is 12.9. The second kappa shape index (κ2) is 11.0. The lowest BCUT2D eigenvalue weighted by molar-refractivity contribution is -0.137. The van der Waals surface area contributed by atoms with Gasteiger partial charge in [0, 0.05) is 19.5 Å². The van der Waals surface area contributed by atoms with Gasteiger partial charge in [-0.05, 0) is 42.5 Å². The standard InChI is InChI=1S/C24H27F3N2O4S/c25-24(26,27)20-11-4-10-19(15-20)21(16-29-13-5-12-23(29)31)28-22(30)17-34(32,33)14-6-9-18-7-2-1-3-8-18/h1-4,7-8,10-11,15,21H,5-6,9,12-14,16-17H2,(H,28,30). The Balaban J connectivity index is 1.67. The van der Waals surface area contributed by atoms with Crippen molar-refractivity contribution in [2.45, 2.75) is 37.9 Å². The van der Waals surface area contributed by atoms with E-state index in [9.17, 15) is 31.2 Å².